The third-order valence-electron chi connectivity index (χ3n) is 18.7. The van der Waals surface area contributed by atoms with E-state index >= 15 is 0 Å². The Hall–Kier alpha value is -0.990. The van der Waals surface area contributed by atoms with Crippen LogP contribution in [-0.4, -0.2) is 49.3 Å². The predicted molar refractivity (Wildman–Crippen MR) is 382 cm³/mol. The minimum Gasteiger partial charge on any atom is -0.462 e. The topological polar surface area (TPSA) is 134 Å². The maximum absolute atomic E-state index is 12.8. The maximum Gasteiger partial charge on any atom is 0.472 e. The van der Waals surface area contributed by atoms with Crippen LogP contribution in [0, 0.1) is 0 Å². The molecule has 88 heavy (non-hydrogen) atoms. The van der Waals surface area contributed by atoms with E-state index < -0.39 is 26.5 Å². The largest absolute Gasteiger partial charge is 0.472 e. The second-order valence-electron chi connectivity index (χ2n) is 27.7. The molecule has 2 atom stereocenters. The van der Waals surface area contributed by atoms with E-state index in [1.807, 2.05) is 0 Å². The SMILES string of the molecule is CCCCCCCCCCCCCCCCCCCCCCCCCCCCCCCCCCCCC(=O)OC(COC(=O)CCCCCCCCCCCCCCCCCCCCCCCCCCCCCCCCCCC)COP(=O)(O)OCCN. The van der Waals surface area contributed by atoms with E-state index in [-0.39, 0.29) is 32.1 Å². The number of rotatable bonds is 78. The van der Waals surface area contributed by atoms with E-state index in [0.29, 0.717) is 12.8 Å². The molecule has 526 valence electrons. The van der Waals surface area contributed by atoms with Crippen LogP contribution in [0.5, 0.6) is 0 Å². The van der Waals surface area contributed by atoms with E-state index in [2.05, 4.69) is 13.8 Å². The first-order valence-corrected chi connectivity index (χ1v) is 41.5. The highest BCUT2D eigenvalue weighted by Crippen LogP contribution is 2.43. The van der Waals surface area contributed by atoms with Crippen molar-refractivity contribution in [3.8, 4) is 0 Å². The Morgan fingerprint density at radius 1 is 0.295 bits per heavy atom. The van der Waals surface area contributed by atoms with Gasteiger partial charge in [0.1, 0.15) is 6.61 Å². The average molecular weight is 1270 g/mol. The van der Waals surface area contributed by atoms with Gasteiger partial charge in [0.25, 0.3) is 0 Å². The molecule has 2 unspecified atom stereocenters. The number of hydrogen-bond donors (Lipinski definition) is 2. The van der Waals surface area contributed by atoms with Gasteiger partial charge in [-0.05, 0) is 12.8 Å². The van der Waals surface area contributed by atoms with Crippen molar-refractivity contribution in [3.63, 3.8) is 0 Å². The second-order valence-corrected chi connectivity index (χ2v) is 29.1. The first-order chi connectivity index (χ1) is 43.3. The van der Waals surface area contributed by atoms with Crippen LogP contribution in [0.15, 0.2) is 0 Å². The van der Waals surface area contributed by atoms with Gasteiger partial charge in [-0.2, -0.15) is 0 Å². The summed E-state index contributed by atoms with van der Waals surface area (Å²) in [7, 11) is -4.39. The molecule has 0 aromatic rings. The molecule has 0 aromatic heterocycles. The van der Waals surface area contributed by atoms with Crippen molar-refractivity contribution in [1.82, 2.24) is 0 Å². The lowest BCUT2D eigenvalue weighted by Crippen LogP contribution is -2.29. The molecular weight excluding hydrogens is 1110 g/mol. The Balaban J connectivity index is 3.73. The molecule has 0 amide bonds. The Morgan fingerprint density at radius 2 is 0.489 bits per heavy atom. The Labute approximate surface area is 549 Å². The van der Waals surface area contributed by atoms with Crippen molar-refractivity contribution in [2.45, 2.75) is 463 Å². The van der Waals surface area contributed by atoms with Crippen LogP contribution in [0.4, 0.5) is 0 Å². The molecule has 3 N–H and O–H groups in total. The summed E-state index contributed by atoms with van der Waals surface area (Å²) in [6.45, 7) is 3.86. The highest BCUT2D eigenvalue weighted by atomic mass is 31.2. The van der Waals surface area contributed by atoms with E-state index in [4.69, 9.17) is 24.3 Å². The number of phosphoric ester groups is 1. The summed E-state index contributed by atoms with van der Waals surface area (Å²) in [5.41, 5.74) is 5.42. The molecular formula is C78H156NO8P. The van der Waals surface area contributed by atoms with Crippen molar-refractivity contribution in [1.29, 1.82) is 0 Å². The molecule has 0 heterocycles. The first-order valence-electron chi connectivity index (χ1n) is 40.0. The summed E-state index contributed by atoms with van der Waals surface area (Å²) in [4.78, 5) is 35.4. The number of carbonyl (C=O) groups is 2. The molecule has 0 saturated carbocycles. The van der Waals surface area contributed by atoms with Crippen LogP contribution >= 0.6 is 7.82 Å². The van der Waals surface area contributed by atoms with E-state index in [0.717, 1.165) is 32.1 Å². The number of esters is 2. The smallest absolute Gasteiger partial charge is 0.462 e. The Morgan fingerprint density at radius 3 is 0.693 bits per heavy atom. The molecule has 9 nitrogen and oxygen atoms in total. The average Bonchev–Trinajstić information content (AvgIpc) is 3.62. The molecule has 0 aliphatic heterocycles. The van der Waals surface area contributed by atoms with Crippen LogP contribution in [0.2, 0.25) is 0 Å². The number of carbonyl (C=O) groups excluding carboxylic acids is 2. The lowest BCUT2D eigenvalue weighted by molar-refractivity contribution is -0.161. The fourth-order valence-electron chi connectivity index (χ4n) is 12.8. The van der Waals surface area contributed by atoms with Crippen molar-refractivity contribution in [2.24, 2.45) is 5.73 Å². The fraction of sp³-hybridized carbons (Fsp3) is 0.974. The van der Waals surface area contributed by atoms with E-state index in [1.165, 1.54) is 392 Å². The monoisotopic (exact) mass is 1270 g/mol. The van der Waals surface area contributed by atoms with Gasteiger partial charge in [0.2, 0.25) is 0 Å². The summed E-state index contributed by atoms with van der Waals surface area (Å²) in [5, 5.41) is 0. The second kappa shape index (κ2) is 75.0. The van der Waals surface area contributed by atoms with Gasteiger partial charge in [0, 0.05) is 19.4 Å². The molecule has 0 spiro atoms. The fourth-order valence-corrected chi connectivity index (χ4v) is 13.6. The van der Waals surface area contributed by atoms with Gasteiger partial charge in [-0.25, -0.2) is 4.57 Å². The maximum atomic E-state index is 12.8. The molecule has 0 aliphatic carbocycles. The zero-order chi connectivity index (χ0) is 63.7. The molecule has 0 aliphatic rings. The molecule has 10 heteroatoms. The van der Waals surface area contributed by atoms with E-state index in [1.54, 1.807) is 0 Å². The predicted octanol–water partition coefficient (Wildman–Crippen LogP) is 26.5. The number of nitrogens with two attached hydrogens (primary N) is 1. The zero-order valence-electron chi connectivity index (χ0n) is 59.5. The number of phosphoric acid groups is 1. The standard InChI is InChI=1S/C78H156NO8P/c1-3-5-7-9-11-13-15-17-19-21-23-25-27-29-31-33-35-37-39-41-43-45-47-49-51-53-55-57-59-61-63-65-67-69-71-78(81)87-76(75-86-88(82,83)85-73-72-79)74-84-77(80)70-68-66-64-62-60-58-56-54-52-50-48-46-44-42-40-38-36-34-32-30-28-26-24-22-20-18-16-14-12-10-8-6-4-2/h76H,3-75,79H2,1-2H3,(H,82,83). The van der Waals surface area contributed by atoms with Gasteiger partial charge < -0.3 is 20.1 Å². The molecule has 0 rings (SSSR count). The molecule has 0 radical (unpaired) electrons. The highest BCUT2D eigenvalue weighted by Gasteiger charge is 2.26. The number of ether oxygens (including phenoxy) is 2. The Bertz CT molecular complexity index is 1400. The molecule has 0 fully saturated rings. The minimum absolute atomic E-state index is 0.0590. The van der Waals surface area contributed by atoms with Gasteiger partial charge >= 0.3 is 19.8 Å². The molecule has 0 saturated heterocycles. The van der Waals surface area contributed by atoms with Crippen molar-refractivity contribution < 1.29 is 37.6 Å². The summed E-state index contributed by atoms with van der Waals surface area (Å²) in [5.74, 6) is -0.794. The van der Waals surface area contributed by atoms with Crippen LogP contribution in [0.1, 0.15) is 457 Å². The summed E-state index contributed by atoms with van der Waals surface area (Å²) in [6, 6.07) is 0. The minimum atomic E-state index is -4.39. The summed E-state index contributed by atoms with van der Waals surface area (Å²) in [6.07, 6.45) is 91.2. The summed E-state index contributed by atoms with van der Waals surface area (Å²) >= 11 is 0. The first kappa shape index (κ1) is 87.0. The van der Waals surface area contributed by atoms with Gasteiger partial charge in [-0.15, -0.1) is 0 Å². The van der Waals surface area contributed by atoms with Crippen molar-refractivity contribution in [3.05, 3.63) is 0 Å². The summed E-state index contributed by atoms with van der Waals surface area (Å²) < 4.78 is 33.3. The van der Waals surface area contributed by atoms with E-state index in [9.17, 15) is 19.0 Å². The van der Waals surface area contributed by atoms with Gasteiger partial charge in [-0.3, -0.25) is 18.6 Å². The van der Waals surface area contributed by atoms with Crippen LogP contribution in [-0.2, 0) is 32.7 Å². The van der Waals surface area contributed by atoms with Crippen molar-refractivity contribution in [2.75, 3.05) is 26.4 Å². The highest BCUT2D eigenvalue weighted by molar-refractivity contribution is 7.47. The van der Waals surface area contributed by atoms with Gasteiger partial charge in [-0.1, -0.05) is 431 Å². The van der Waals surface area contributed by atoms with Gasteiger partial charge in [0.05, 0.1) is 13.2 Å². The molecule has 0 bridgehead atoms. The normalized spacial score (nSPS) is 12.7. The van der Waals surface area contributed by atoms with Crippen LogP contribution in [0.25, 0.3) is 0 Å². The number of unbranched alkanes of at least 4 members (excludes halogenated alkanes) is 65. The van der Waals surface area contributed by atoms with Crippen LogP contribution < -0.4 is 5.73 Å². The van der Waals surface area contributed by atoms with Crippen LogP contribution in [0.3, 0.4) is 0 Å². The van der Waals surface area contributed by atoms with Gasteiger partial charge in [0.15, 0.2) is 6.10 Å². The number of hydrogen-bond acceptors (Lipinski definition) is 8. The Kier molecular flexibility index (Phi) is 74.2. The quantitative estimate of drug-likeness (QED) is 0.0347. The van der Waals surface area contributed by atoms with Crippen molar-refractivity contribution >= 4 is 19.8 Å². The third kappa shape index (κ3) is 74.1. The lowest BCUT2D eigenvalue weighted by Gasteiger charge is -2.19. The zero-order valence-corrected chi connectivity index (χ0v) is 60.4. The third-order valence-corrected chi connectivity index (χ3v) is 19.7. The lowest BCUT2D eigenvalue weighted by atomic mass is 10.0. The molecule has 0 aromatic carbocycles.